The summed E-state index contributed by atoms with van der Waals surface area (Å²) < 4.78 is 44.2. The first kappa shape index (κ1) is 26.7. The molecule has 4 rings (SSSR count). The zero-order chi connectivity index (χ0) is 21.5. The standard InChI is InChI=1S/C23H28F3N3O.2ClH/c1-29-12-9-16(10-13-29)28-19-14-18(19)20-17(21(27)30)8-5-11-22(20,23(24,25)26)15-6-3-2-4-7-15;;/h2-8,11,16,18-20,28H,9-10,12-14H2,1H3,(H2,27,30);2*1H/t18?,19?,20-,22?;;/m1../s1. The molecule has 2 fully saturated rings. The van der Waals surface area contributed by atoms with Gasteiger partial charge in [0.25, 0.3) is 0 Å². The number of nitrogens with zero attached hydrogens (tertiary/aromatic N) is 1. The lowest BCUT2D eigenvalue weighted by atomic mass is 9.62. The average molecular weight is 492 g/mol. The van der Waals surface area contributed by atoms with Crippen molar-refractivity contribution in [1.82, 2.24) is 10.2 Å². The average Bonchev–Trinajstić information content (AvgIpc) is 3.47. The maximum atomic E-state index is 14.7. The van der Waals surface area contributed by atoms with Crippen LogP contribution in [0.1, 0.15) is 24.8 Å². The Kier molecular flexibility index (Phi) is 8.48. The molecule has 1 aliphatic heterocycles. The van der Waals surface area contributed by atoms with Crippen molar-refractivity contribution in [2.45, 2.75) is 42.9 Å². The van der Waals surface area contributed by atoms with Crippen molar-refractivity contribution in [3.05, 3.63) is 59.7 Å². The Balaban J connectivity index is 0.00000181. The number of allylic oxidation sites excluding steroid dienone is 3. The Morgan fingerprint density at radius 1 is 1.16 bits per heavy atom. The van der Waals surface area contributed by atoms with E-state index in [2.05, 4.69) is 17.3 Å². The normalized spacial score (nSPS) is 30.6. The van der Waals surface area contributed by atoms with E-state index in [4.69, 9.17) is 5.73 Å². The highest BCUT2D eigenvalue weighted by atomic mass is 35.5. The molecule has 0 bridgehead atoms. The Hall–Kier alpha value is -1.54. The molecule has 0 spiro atoms. The van der Waals surface area contributed by atoms with Gasteiger partial charge in [-0.15, -0.1) is 24.8 Å². The second kappa shape index (κ2) is 10.2. The predicted molar refractivity (Wildman–Crippen MR) is 124 cm³/mol. The van der Waals surface area contributed by atoms with Gasteiger partial charge in [-0.3, -0.25) is 4.79 Å². The number of amides is 1. The third kappa shape index (κ3) is 4.86. The van der Waals surface area contributed by atoms with E-state index in [1.54, 1.807) is 18.2 Å². The minimum atomic E-state index is -4.56. The number of hydrogen-bond donors (Lipinski definition) is 2. The van der Waals surface area contributed by atoms with E-state index in [0.29, 0.717) is 12.5 Å². The minimum Gasteiger partial charge on any atom is -0.366 e. The molecule has 3 aliphatic rings. The lowest BCUT2D eigenvalue weighted by Gasteiger charge is -2.43. The minimum absolute atomic E-state index is 0. The molecule has 1 amide bonds. The van der Waals surface area contributed by atoms with Crippen molar-refractivity contribution < 1.29 is 18.0 Å². The van der Waals surface area contributed by atoms with Gasteiger partial charge in [0.1, 0.15) is 5.41 Å². The lowest BCUT2D eigenvalue weighted by molar-refractivity contribution is -0.190. The van der Waals surface area contributed by atoms with Crippen LogP contribution in [0.25, 0.3) is 0 Å². The summed E-state index contributed by atoms with van der Waals surface area (Å²) in [5.74, 6) is -2.11. The fourth-order valence-corrected chi connectivity index (χ4v) is 5.24. The Bertz CT molecular complexity index is 854. The van der Waals surface area contributed by atoms with Gasteiger partial charge in [-0.05, 0) is 50.9 Å². The molecule has 4 nitrogen and oxygen atoms in total. The lowest BCUT2D eigenvalue weighted by Crippen LogP contribution is -2.52. The van der Waals surface area contributed by atoms with Gasteiger partial charge in [-0.2, -0.15) is 13.2 Å². The smallest absolute Gasteiger partial charge is 0.366 e. The van der Waals surface area contributed by atoms with Gasteiger partial charge >= 0.3 is 6.18 Å². The molecule has 4 atom stereocenters. The number of alkyl halides is 3. The number of nitrogens with one attached hydrogen (secondary N) is 1. The first-order chi connectivity index (χ1) is 14.2. The molecule has 1 saturated carbocycles. The van der Waals surface area contributed by atoms with E-state index in [9.17, 15) is 18.0 Å². The van der Waals surface area contributed by atoms with Crippen molar-refractivity contribution in [2.75, 3.05) is 20.1 Å². The molecule has 32 heavy (non-hydrogen) atoms. The second-order valence-electron chi connectivity index (χ2n) is 8.81. The first-order valence-corrected chi connectivity index (χ1v) is 10.5. The van der Waals surface area contributed by atoms with Crippen molar-refractivity contribution in [1.29, 1.82) is 0 Å². The van der Waals surface area contributed by atoms with Crippen LogP contribution in [0.15, 0.2) is 54.1 Å². The zero-order valence-corrected chi connectivity index (χ0v) is 19.5. The second-order valence-corrected chi connectivity index (χ2v) is 8.81. The molecule has 3 unspecified atom stereocenters. The number of benzene rings is 1. The monoisotopic (exact) mass is 491 g/mol. The van der Waals surface area contributed by atoms with E-state index in [1.165, 1.54) is 30.4 Å². The van der Waals surface area contributed by atoms with Crippen molar-refractivity contribution in [2.24, 2.45) is 17.6 Å². The molecule has 2 aliphatic carbocycles. The number of halogens is 5. The Morgan fingerprint density at radius 2 is 1.78 bits per heavy atom. The van der Waals surface area contributed by atoms with E-state index < -0.39 is 23.4 Å². The van der Waals surface area contributed by atoms with Crippen LogP contribution in [0, 0.1) is 11.8 Å². The Labute approximate surface area is 199 Å². The third-order valence-corrected chi connectivity index (χ3v) is 6.90. The number of primary amides is 1. The molecule has 0 radical (unpaired) electrons. The molecular formula is C23H30Cl2F3N3O. The van der Waals surface area contributed by atoms with Gasteiger partial charge in [0.15, 0.2) is 0 Å². The van der Waals surface area contributed by atoms with Gasteiger partial charge in [0, 0.05) is 23.6 Å². The fourth-order valence-electron chi connectivity index (χ4n) is 5.24. The van der Waals surface area contributed by atoms with Crippen LogP contribution < -0.4 is 11.1 Å². The van der Waals surface area contributed by atoms with Crippen LogP contribution >= 0.6 is 24.8 Å². The fraction of sp³-hybridized carbons (Fsp3) is 0.522. The molecule has 3 N–H and O–H groups in total. The highest BCUT2D eigenvalue weighted by Crippen LogP contribution is 2.59. The summed E-state index contributed by atoms with van der Waals surface area (Å²) in [6.07, 6.45) is 2.01. The van der Waals surface area contributed by atoms with Crippen LogP contribution in [0.3, 0.4) is 0 Å². The van der Waals surface area contributed by atoms with Crippen LogP contribution in [0.5, 0.6) is 0 Å². The maximum absolute atomic E-state index is 14.7. The summed E-state index contributed by atoms with van der Waals surface area (Å²) in [7, 11) is 2.08. The summed E-state index contributed by atoms with van der Waals surface area (Å²) in [6.45, 7) is 1.95. The molecule has 0 aromatic heterocycles. The number of carbonyl (C=O) groups excluding carboxylic acids is 1. The van der Waals surface area contributed by atoms with E-state index >= 15 is 0 Å². The summed E-state index contributed by atoms with van der Waals surface area (Å²) in [4.78, 5) is 14.5. The van der Waals surface area contributed by atoms with Crippen molar-refractivity contribution in [3.8, 4) is 0 Å². The number of hydrogen-bond acceptors (Lipinski definition) is 3. The molecule has 1 saturated heterocycles. The maximum Gasteiger partial charge on any atom is 0.402 e. The molecule has 1 aromatic rings. The van der Waals surface area contributed by atoms with Crippen LogP contribution in [-0.4, -0.2) is 49.2 Å². The molecule has 9 heteroatoms. The number of nitrogens with two attached hydrogens (primary N) is 1. The van der Waals surface area contributed by atoms with E-state index in [-0.39, 0.29) is 47.9 Å². The van der Waals surface area contributed by atoms with Crippen LogP contribution in [-0.2, 0) is 10.2 Å². The summed E-state index contributed by atoms with van der Waals surface area (Å²) in [5, 5.41) is 3.56. The first-order valence-electron chi connectivity index (χ1n) is 10.5. The van der Waals surface area contributed by atoms with Crippen molar-refractivity contribution >= 4 is 30.7 Å². The quantitative estimate of drug-likeness (QED) is 0.654. The topological polar surface area (TPSA) is 58.4 Å². The Morgan fingerprint density at radius 3 is 2.34 bits per heavy atom. The zero-order valence-electron chi connectivity index (χ0n) is 17.8. The molecule has 178 valence electrons. The summed E-state index contributed by atoms with van der Waals surface area (Å²) in [6, 6.07) is 8.17. The highest BCUT2D eigenvalue weighted by molar-refractivity contribution is 5.94. The third-order valence-electron chi connectivity index (χ3n) is 6.90. The van der Waals surface area contributed by atoms with E-state index in [1.807, 2.05) is 0 Å². The molecule has 1 heterocycles. The van der Waals surface area contributed by atoms with Crippen LogP contribution in [0.2, 0.25) is 0 Å². The number of likely N-dealkylation sites (tertiary alicyclic amines) is 1. The summed E-state index contributed by atoms with van der Waals surface area (Å²) >= 11 is 0. The largest absolute Gasteiger partial charge is 0.402 e. The molecule has 1 aromatic carbocycles. The number of carbonyl (C=O) groups is 1. The highest BCUT2D eigenvalue weighted by Gasteiger charge is 2.65. The van der Waals surface area contributed by atoms with E-state index in [0.717, 1.165) is 25.9 Å². The van der Waals surface area contributed by atoms with Crippen LogP contribution in [0.4, 0.5) is 13.2 Å². The number of rotatable bonds is 5. The number of piperidine rings is 1. The van der Waals surface area contributed by atoms with Gasteiger partial charge in [-0.1, -0.05) is 48.6 Å². The summed E-state index contributed by atoms with van der Waals surface area (Å²) in [5.41, 5.74) is 3.53. The van der Waals surface area contributed by atoms with Gasteiger partial charge in [0.05, 0.1) is 0 Å². The molecular weight excluding hydrogens is 462 g/mol. The predicted octanol–water partition coefficient (Wildman–Crippen LogP) is 4.00. The van der Waals surface area contributed by atoms with Gasteiger partial charge < -0.3 is 16.0 Å². The van der Waals surface area contributed by atoms with Gasteiger partial charge in [0.2, 0.25) is 5.91 Å². The van der Waals surface area contributed by atoms with Crippen molar-refractivity contribution in [3.63, 3.8) is 0 Å². The SMILES string of the molecule is CN1CCC(NC2CC2[C@H]2C(C(N)=O)=CC=CC2(c2ccccc2)C(F)(F)F)CC1.Cl.Cl. The van der Waals surface area contributed by atoms with Gasteiger partial charge in [-0.25, -0.2) is 0 Å².